The Morgan fingerprint density at radius 1 is 1.00 bits per heavy atom. The lowest BCUT2D eigenvalue weighted by Gasteiger charge is -2.32. The van der Waals surface area contributed by atoms with Crippen LogP contribution in [0.5, 0.6) is 0 Å². The monoisotopic (exact) mass is 319 g/mol. The van der Waals surface area contributed by atoms with E-state index in [2.05, 4.69) is 5.32 Å². The zero-order chi connectivity index (χ0) is 16.3. The van der Waals surface area contributed by atoms with Gasteiger partial charge in [0.25, 0.3) is 0 Å². The van der Waals surface area contributed by atoms with Gasteiger partial charge in [0, 0.05) is 12.0 Å². The van der Waals surface area contributed by atoms with Crippen LogP contribution in [0.4, 0.5) is 13.2 Å². The minimum atomic E-state index is -4.07. The third-order valence-corrected chi connectivity index (χ3v) is 6.04. The van der Waals surface area contributed by atoms with E-state index in [1.54, 1.807) is 0 Å². The van der Waals surface area contributed by atoms with Crippen molar-refractivity contribution in [3.63, 3.8) is 0 Å². The predicted octanol–water partition coefficient (Wildman–Crippen LogP) is 3.33. The molecule has 0 aromatic carbocycles. The molecule has 0 amide bonds. The van der Waals surface area contributed by atoms with Crippen molar-refractivity contribution in [3.05, 3.63) is 0 Å². The first-order chi connectivity index (χ1) is 9.99. The fourth-order valence-corrected chi connectivity index (χ4v) is 3.93. The van der Waals surface area contributed by atoms with Crippen LogP contribution < -0.4 is 5.32 Å². The maximum atomic E-state index is 12.9. The fraction of sp³-hybridized carbons (Fsp3) is 1.00. The van der Waals surface area contributed by atoms with E-state index in [9.17, 15) is 13.2 Å². The summed E-state index contributed by atoms with van der Waals surface area (Å²) in [4.78, 5) is 0. The molecule has 22 heavy (non-hydrogen) atoms. The van der Waals surface area contributed by atoms with Gasteiger partial charge in [-0.25, -0.2) is 0 Å². The second kappa shape index (κ2) is 5.11. The summed E-state index contributed by atoms with van der Waals surface area (Å²) < 4.78 is 50.9. The Morgan fingerprint density at radius 2 is 1.59 bits per heavy atom. The molecule has 2 saturated heterocycles. The molecule has 0 spiro atoms. The van der Waals surface area contributed by atoms with Gasteiger partial charge in [0.2, 0.25) is 0 Å². The quantitative estimate of drug-likeness (QED) is 0.752. The summed E-state index contributed by atoms with van der Waals surface area (Å²) in [6, 6.07) is -0.0654. The van der Waals surface area contributed by atoms with Gasteiger partial charge in [0.15, 0.2) is 0 Å². The molecule has 0 radical (unpaired) electrons. The zero-order valence-corrected chi connectivity index (χ0v) is 13.7. The van der Waals surface area contributed by atoms with Crippen molar-refractivity contribution >= 4 is 7.12 Å². The third-order valence-electron chi connectivity index (χ3n) is 6.04. The Hall–Kier alpha value is -0.265. The Balaban J connectivity index is 1.64. The van der Waals surface area contributed by atoms with Crippen LogP contribution in [0.25, 0.3) is 0 Å². The third kappa shape index (κ3) is 2.80. The maximum absolute atomic E-state index is 12.9. The molecule has 4 unspecified atom stereocenters. The first kappa shape index (κ1) is 16.6. The van der Waals surface area contributed by atoms with Crippen LogP contribution in [-0.4, -0.2) is 36.5 Å². The van der Waals surface area contributed by atoms with Crippen molar-refractivity contribution in [1.29, 1.82) is 0 Å². The van der Waals surface area contributed by atoms with Crippen LogP contribution >= 0.6 is 0 Å². The van der Waals surface area contributed by atoms with Gasteiger partial charge in [-0.1, -0.05) is 0 Å². The Kier molecular flexibility index (Phi) is 3.86. The highest BCUT2D eigenvalue weighted by Crippen LogP contribution is 2.45. The summed E-state index contributed by atoms with van der Waals surface area (Å²) in [5.74, 6) is -0.871. The number of rotatable bonds is 1. The van der Waals surface area contributed by atoms with E-state index in [0.29, 0.717) is 12.3 Å². The van der Waals surface area contributed by atoms with Crippen molar-refractivity contribution in [2.24, 2.45) is 11.8 Å². The van der Waals surface area contributed by atoms with Crippen molar-refractivity contribution in [3.8, 4) is 0 Å². The van der Waals surface area contributed by atoms with Gasteiger partial charge in [-0.3, -0.25) is 0 Å². The molecule has 4 atom stereocenters. The zero-order valence-electron chi connectivity index (χ0n) is 13.7. The fourth-order valence-electron chi connectivity index (χ4n) is 3.93. The molecule has 7 heteroatoms. The summed E-state index contributed by atoms with van der Waals surface area (Å²) >= 11 is 0. The number of fused-ring (bicyclic) bond motifs is 1. The number of hydrogen-bond acceptors (Lipinski definition) is 3. The minimum absolute atomic E-state index is 0.0111. The van der Waals surface area contributed by atoms with Crippen molar-refractivity contribution < 1.29 is 22.5 Å². The molecule has 2 heterocycles. The van der Waals surface area contributed by atoms with Crippen molar-refractivity contribution in [1.82, 2.24) is 5.32 Å². The van der Waals surface area contributed by atoms with E-state index < -0.39 is 23.3 Å². The summed E-state index contributed by atoms with van der Waals surface area (Å²) in [6.07, 6.45) is -2.16. The minimum Gasteiger partial charge on any atom is -0.402 e. The molecule has 3 fully saturated rings. The molecule has 3 aliphatic rings. The molecule has 1 saturated carbocycles. The highest BCUT2D eigenvalue weighted by Gasteiger charge is 2.57. The van der Waals surface area contributed by atoms with Crippen molar-refractivity contribution in [2.45, 2.75) is 82.7 Å². The van der Waals surface area contributed by atoms with E-state index in [4.69, 9.17) is 9.31 Å². The van der Waals surface area contributed by atoms with Crippen LogP contribution in [0.3, 0.4) is 0 Å². The smallest absolute Gasteiger partial charge is 0.402 e. The second-order valence-electron chi connectivity index (χ2n) is 8.05. The van der Waals surface area contributed by atoms with Gasteiger partial charge in [-0.2, -0.15) is 13.2 Å². The molecule has 3 rings (SSSR count). The molecule has 1 aliphatic carbocycles. The highest BCUT2D eigenvalue weighted by molar-refractivity contribution is 6.47. The van der Waals surface area contributed by atoms with Crippen LogP contribution in [0.1, 0.15) is 53.4 Å². The van der Waals surface area contributed by atoms with E-state index in [1.165, 1.54) is 0 Å². The maximum Gasteiger partial charge on any atom is 0.476 e. The standard InChI is InChI=1S/C15H25BF3NO2/c1-13(2)14(3,4)22-16(21-13)12-7-9-5-6-10(15(17,18)19)8-11(9)20-12/h9-12,20H,5-8H2,1-4H3. The lowest BCUT2D eigenvalue weighted by molar-refractivity contribution is -0.185. The first-order valence-corrected chi connectivity index (χ1v) is 8.18. The number of halogens is 3. The largest absolute Gasteiger partial charge is 0.476 e. The summed E-state index contributed by atoms with van der Waals surface area (Å²) in [5, 5.41) is 3.36. The predicted molar refractivity (Wildman–Crippen MR) is 78.3 cm³/mol. The van der Waals surface area contributed by atoms with Gasteiger partial charge in [0.05, 0.1) is 17.1 Å². The topological polar surface area (TPSA) is 30.5 Å². The Bertz CT molecular complexity index is 425. The van der Waals surface area contributed by atoms with Crippen LogP contribution in [0, 0.1) is 11.8 Å². The van der Waals surface area contributed by atoms with E-state index >= 15 is 0 Å². The summed E-state index contributed by atoms with van der Waals surface area (Å²) in [7, 11) is -0.375. The van der Waals surface area contributed by atoms with Crippen LogP contribution in [-0.2, 0) is 9.31 Å². The van der Waals surface area contributed by atoms with Gasteiger partial charge in [0.1, 0.15) is 0 Å². The molecule has 0 aromatic heterocycles. The van der Waals surface area contributed by atoms with E-state index in [0.717, 1.165) is 6.42 Å². The lowest BCUT2D eigenvalue weighted by Crippen LogP contribution is -2.45. The normalized spacial score (nSPS) is 40.8. The van der Waals surface area contributed by atoms with Crippen LogP contribution in [0.15, 0.2) is 0 Å². The SMILES string of the molecule is CC1(C)OB(C2CC3CCC(C(F)(F)F)CC3N2)OC1(C)C. The van der Waals surface area contributed by atoms with Gasteiger partial charge >= 0.3 is 13.3 Å². The lowest BCUT2D eigenvalue weighted by atomic mass is 9.73. The number of nitrogens with one attached hydrogen (secondary N) is 1. The Morgan fingerprint density at radius 3 is 2.14 bits per heavy atom. The first-order valence-electron chi connectivity index (χ1n) is 8.18. The Labute approximate surface area is 130 Å². The molecule has 2 aliphatic heterocycles. The van der Waals surface area contributed by atoms with Gasteiger partial charge in [-0.15, -0.1) is 0 Å². The van der Waals surface area contributed by atoms with Crippen LogP contribution in [0.2, 0.25) is 0 Å². The highest BCUT2D eigenvalue weighted by atomic mass is 19.4. The summed E-state index contributed by atoms with van der Waals surface area (Å²) in [5.41, 5.74) is -0.802. The van der Waals surface area contributed by atoms with Crippen molar-refractivity contribution in [2.75, 3.05) is 0 Å². The van der Waals surface area contributed by atoms with E-state index in [1.807, 2.05) is 27.7 Å². The number of alkyl halides is 3. The molecule has 0 bridgehead atoms. The number of hydrogen-bond donors (Lipinski definition) is 1. The van der Waals surface area contributed by atoms with Gasteiger partial charge < -0.3 is 14.6 Å². The molecule has 1 N–H and O–H groups in total. The second-order valence-corrected chi connectivity index (χ2v) is 8.05. The molecule has 3 nitrogen and oxygen atoms in total. The van der Waals surface area contributed by atoms with E-state index in [-0.39, 0.29) is 31.9 Å². The average Bonchev–Trinajstić information content (AvgIpc) is 2.86. The average molecular weight is 319 g/mol. The molecular formula is C15H25BF3NO2. The molecular weight excluding hydrogens is 294 g/mol. The molecule has 126 valence electrons. The molecule has 0 aromatic rings. The van der Waals surface area contributed by atoms with Gasteiger partial charge in [-0.05, 0) is 59.3 Å². The summed E-state index contributed by atoms with van der Waals surface area (Å²) in [6.45, 7) is 7.98.